The smallest absolute Gasteiger partial charge is 0.315 e. The minimum absolute atomic E-state index is 0.0534. The van der Waals surface area contributed by atoms with Crippen molar-refractivity contribution in [3.8, 4) is 0 Å². The van der Waals surface area contributed by atoms with Crippen molar-refractivity contribution in [1.82, 2.24) is 10.2 Å². The van der Waals surface area contributed by atoms with Gasteiger partial charge in [-0.3, -0.25) is 4.79 Å². The molecule has 0 N–H and O–H groups in total. The first-order chi connectivity index (χ1) is 11.8. The molecule has 1 aromatic heterocycles. The summed E-state index contributed by atoms with van der Waals surface area (Å²) in [6, 6.07) is 17.8. The monoisotopic (exact) mass is 319 g/mol. The summed E-state index contributed by atoms with van der Waals surface area (Å²) in [4.78, 5) is 14.5. The Balaban J connectivity index is 1.56. The topological polar surface area (TPSA) is 59.2 Å². The summed E-state index contributed by atoms with van der Waals surface area (Å²) in [5, 5.41) is 7.97. The maximum Gasteiger partial charge on any atom is 0.315 e. The Morgan fingerprint density at radius 2 is 1.83 bits per heavy atom. The predicted molar refractivity (Wildman–Crippen MR) is 90.0 cm³/mol. The van der Waals surface area contributed by atoms with Gasteiger partial charge in [-0.15, -0.1) is 10.2 Å². The van der Waals surface area contributed by atoms with Crippen LogP contribution in [0.15, 0.2) is 59.0 Å². The summed E-state index contributed by atoms with van der Waals surface area (Å²) in [6.07, 6.45) is 2.45. The second kappa shape index (κ2) is 6.28. The number of aryl methyl sites for hydroxylation is 1. The van der Waals surface area contributed by atoms with Crippen LogP contribution >= 0.6 is 0 Å². The average molecular weight is 319 g/mol. The number of nitrogens with zero attached hydrogens (tertiary/aromatic N) is 3. The third-order valence-corrected chi connectivity index (χ3v) is 4.20. The molecule has 0 aliphatic carbocycles. The molecule has 120 valence electrons. The van der Waals surface area contributed by atoms with Crippen LogP contribution in [0.4, 0.5) is 5.69 Å². The zero-order valence-corrected chi connectivity index (χ0v) is 13.2. The van der Waals surface area contributed by atoms with Gasteiger partial charge in [0.15, 0.2) is 0 Å². The van der Waals surface area contributed by atoms with E-state index in [0.29, 0.717) is 18.9 Å². The summed E-state index contributed by atoms with van der Waals surface area (Å²) in [7, 11) is 0. The maximum absolute atomic E-state index is 12.8. The molecule has 24 heavy (non-hydrogen) atoms. The van der Waals surface area contributed by atoms with Crippen LogP contribution in [0, 0.1) is 0 Å². The highest BCUT2D eigenvalue weighted by Crippen LogP contribution is 2.27. The van der Waals surface area contributed by atoms with Crippen LogP contribution in [0.5, 0.6) is 0 Å². The molecule has 5 nitrogen and oxygen atoms in total. The lowest BCUT2D eigenvalue weighted by molar-refractivity contribution is 0.0950. The van der Waals surface area contributed by atoms with Gasteiger partial charge in [0.05, 0.1) is 6.42 Å². The summed E-state index contributed by atoms with van der Waals surface area (Å²) in [5.41, 5.74) is 3.20. The molecule has 0 atom stereocenters. The van der Waals surface area contributed by atoms with E-state index < -0.39 is 0 Å². The lowest BCUT2D eigenvalue weighted by Gasteiger charge is -2.28. The number of hydrogen-bond donors (Lipinski definition) is 0. The van der Waals surface area contributed by atoms with E-state index in [1.165, 1.54) is 5.56 Å². The molecule has 0 saturated heterocycles. The molecule has 3 aromatic rings. The van der Waals surface area contributed by atoms with Gasteiger partial charge in [-0.05, 0) is 30.0 Å². The van der Waals surface area contributed by atoms with E-state index in [2.05, 4.69) is 16.3 Å². The number of carbonyl (C=O) groups excluding carboxylic acids is 1. The summed E-state index contributed by atoms with van der Waals surface area (Å²) in [6.45, 7) is 0.673. The Morgan fingerprint density at radius 1 is 1.04 bits per heavy atom. The van der Waals surface area contributed by atoms with Gasteiger partial charge >= 0.3 is 11.8 Å². The third kappa shape index (κ3) is 2.80. The molecule has 1 aliphatic rings. The van der Waals surface area contributed by atoms with Crippen molar-refractivity contribution in [2.24, 2.45) is 0 Å². The summed E-state index contributed by atoms with van der Waals surface area (Å²) in [5.74, 6) is 0.279. The molecule has 0 unspecified atom stereocenters. The Kier molecular flexibility index (Phi) is 3.83. The number of rotatable bonds is 3. The van der Waals surface area contributed by atoms with E-state index in [0.717, 1.165) is 24.1 Å². The number of carbonyl (C=O) groups is 1. The maximum atomic E-state index is 12.8. The lowest BCUT2D eigenvalue weighted by atomic mass is 10.0. The fourth-order valence-electron chi connectivity index (χ4n) is 3.04. The minimum Gasteiger partial charge on any atom is -0.417 e. The molecular formula is C19H17N3O2. The molecule has 0 radical (unpaired) electrons. The molecule has 0 fully saturated rings. The first-order valence-corrected chi connectivity index (χ1v) is 8.07. The first-order valence-electron chi connectivity index (χ1n) is 8.07. The van der Waals surface area contributed by atoms with Crippen molar-refractivity contribution in [2.75, 3.05) is 11.4 Å². The zero-order valence-electron chi connectivity index (χ0n) is 13.2. The SMILES string of the molecule is O=C(c1nnc(Cc2ccccc2)o1)N1CCCc2ccccc21. The van der Waals surface area contributed by atoms with E-state index in [9.17, 15) is 4.79 Å². The van der Waals surface area contributed by atoms with E-state index >= 15 is 0 Å². The fraction of sp³-hybridized carbons (Fsp3) is 0.211. The molecule has 1 aliphatic heterocycles. The third-order valence-electron chi connectivity index (χ3n) is 4.20. The highest BCUT2D eigenvalue weighted by atomic mass is 16.4. The van der Waals surface area contributed by atoms with Crippen LogP contribution in [0.25, 0.3) is 0 Å². The Hall–Kier alpha value is -2.95. The standard InChI is InChI=1S/C19H17N3O2/c23-19(22-12-6-10-15-9-4-5-11-16(15)22)18-21-20-17(24-18)13-14-7-2-1-3-8-14/h1-5,7-9,11H,6,10,12-13H2. The molecule has 5 heteroatoms. The van der Waals surface area contributed by atoms with Crippen LogP contribution in [-0.2, 0) is 12.8 Å². The highest BCUT2D eigenvalue weighted by Gasteiger charge is 2.27. The Bertz CT molecular complexity index is 858. The number of aromatic nitrogens is 2. The van der Waals surface area contributed by atoms with Gasteiger partial charge in [0.25, 0.3) is 0 Å². The molecule has 2 heterocycles. The van der Waals surface area contributed by atoms with Gasteiger partial charge < -0.3 is 9.32 Å². The van der Waals surface area contributed by atoms with Crippen molar-refractivity contribution in [3.63, 3.8) is 0 Å². The zero-order chi connectivity index (χ0) is 16.4. The summed E-state index contributed by atoms with van der Waals surface area (Å²) < 4.78 is 5.60. The second-order valence-corrected chi connectivity index (χ2v) is 5.85. The first kappa shape index (κ1) is 14.6. The molecule has 0 spiro atoms. The number of fused-ring (bicyclic) bond motifs is 1. The average Bonchev–Trinajstić information content (AvgIpc) is 3.10. The fourth-order valence-corrected chi connectivity index (χ4v) is 3.04. The van der Waals surface area contributed by atoms with Crippen LogP contribution in [-0.4, -0.2) is 22.6 Å². The van der Waals surface area contributed by atoms with Gasteiger partial charge in [0.1, 0.15) is 0 Å². The molecule has 0 saturated carbocycles. The number of anilines is 1. The van der Waals surface area contributed by atoms with E-state index in [1.54, 1.807) is 4.90 Å². The highest BCUT2D eigenvalue weighted by molar-refractivity contribution is 6.03. The minimum atomic E-state index is -0.228. The molecule has 1 amide bonds. The van der Waals surface area contributed by atoms with Gasteiger partial charge in [0, 0.05) is 12.2 Å². The van der Waals surface area contributed by atoms with E-state index in [4.69, 9.17) is 4.42 Å². The number of amides is 1. The predicted octanol–water partition coefficient (Wildman–Crippen LogP) is 3.25. The van der Waals surface area contributed by atoms with E-state index in [1.807, 2.05) is 48.5 Å². The Labute approximate surface area is 139 Å². The lowest BCUT2D eigenvalue weighted by Crippen LogP contribution is -2.35. The van der Waals surface area contributed by atoms with Crippen LogP contribution in [0.2, 0.25) is 0 Å². The largest absolute Gasteiger partial charge is 0.417 e. The number of benzene rings is 2. The van der Waals surface area contributed by atoms with Crippen molar-refractivity contribution in [2.45, 2.75) is 19.3 Å². The summed E-state index contributed by atoms with van der Waals surface area (Å²) >= 11 is 0. The van der Waals surface area contributed by atoms with Crippen molar-refractivity contribution in [1.29, 1.82) is 0 Å². The van der Waals surface area contributed by atoms with Crippen LogP contribution in [0.1, 0.15) is 34.1 Å². The molecule has 0 bridgehead atoms. The van der Waals surface area contributed by atoms with Crippen molar-refractivity contribution in [3.05, 3.63) is 77.5 Å². The molecule has 4 rings (SSSR count). The van der Waals surface area contributed by atoms with Gasteiger partial charge in [0.2, 0.25) is 5.89 Å². The van der Waals surface area contributed by atoms with Crippen molar-refractivity contribution < 1.29 is 9.21 Å². The van der Waals surface area contributed by atoms with Gasteiger partial charge in [-0.1, -0.05) is 48.5 Å². The van der Waals surface area contributed by atoms with Crippen molar-refractivity contribution >= 4 is 11.6 Å². The number of para-hydroxylation sites is 1. The van der Waals surface area contributed by atoms with Gasteiger partial charge in [-0.2, -0.15) is 0 Å². The second-order valence-electron chi connectivity index (χ2n) is 5.85. The quantitative estimate of drug-likeness (QED) is 0.743. The Morgan fingerprint density at radius 3 is 2.71 bits per heavy atom. The van der Waals surface area contributed by atoms with Crippen LogP contribution in [0.3, 0.4) is 0 Å². The normalized spacial score (nSPS) is 13.6. The van der Waals surface area contributed by atoms with Gasteiger partial charge in [-0.25, -0.2) is 0 Å². The molecule has 2 aromatic carbocycles. The van der Waals surface area contributed by atoms with E-state index in [-0.39, 0.29) is 11.8 Å². The number of hydrogen-bond acceptors (Lipinski definition) is 4. The van der Waals surface area contributed by atoms with Crippen LogP contribution < -0.4 is 4.90 Å². The molecular weight excluding hydrogens is 302 g/mol.